The second kappa shape index (κ2) is 5.28. The van der Waals surface area contributed by atoms with E-state index in [1.807, 2.05) is 0 Å². The van der Waals surface area contributed by atoms with Gasteiger partial charge in [0.25, 0.3) is 0 Å². The minimum Gasteiger partial charge on any atom is -0.478 e. The maximum Gasteiger partial charge on any atom is 0.335 e. The van der Waals surface area contributed by atoms with Crippen molar-refractivity contribution in [3.63, 3.8) is 0 Å². The van der Waals surface area contributed by atoms with Gasteiger partial charge in [0.05, 0.1) is 11.8 Å². The molecule has 0 bridgehead atoms. The summed E-state index contributed by atoms with van der Waals surface area (Å²) >= 11 is 0. The van der Waals surface area contributed by atoms with Crippen LogP contribution in [0.3, 0.4) is 0 Å². The first-order valence-corrected chi connectivity index (χ1v) is 6.54. The number of nitrogens with one attached hydrogen (secondary N) is 2. The Bertz CT molecular complexity index is 682. The van der Waals surface area contributed by atoms with Crippen LogP contribution in [0.1, 0.15) is 21.5 Å². The number of carbonyl (C=O) groups is 2. The number of rotatable bonds is 3. The third kappa shape index (κ3) is 2.58. The molecule has 0 saturated carbocycles. The van der Waals surface area contributed by atoms with Crippen molar-refractivity contribution < 1.29 is 14.7 Å². The average Bonchev–Trinajstić information content (AvgIpc) is 3.13. The SMILES string of the molecule is O=C(O)c1ccc2c(c1)N(C(=O)NCc1cn[nH]c1)CC2. The molecule has 7 heteroatoms. The number of benzene rings is 1. The predicted molar refractivity (Wildman–Crippen MR) is 75.3 cm³/mol. The molecule has 0 atom stereocenters. The number of aromatic nitrogens is 2. The monoisotopic (exact) mass is 286 g/mol. The van der Waals surface area contributed by atoms with E-state index in [1.54, 1.807) is 35.5 Å². The Balaban J connectivity index is 1.75. The Kier molecular flexibility index (Phi) is 3.31. The quantitative estimate of drug-likeness (QED) is 0.793. The lowest BCUT2D eigenvalue weighted by Crippen LogP contribution is -2.38. The zero-order valence-electron chi connectivity index (χ0n) is 11.2. The number of carboxylic acids is 1. The third-order valence-corrected chi connectivity index (χ3v) is 3.47. The van der Waals surface area contributed by atoms with Crippen molar-refractivity contribution in [2.45, 2.75) is 13.0 Å². The van der Waals surface area contributed by atoms with Gasteiger partial charge in [-0.25, -0.2) is 9.59 Å². The van der Waals surface area contributed by atoms with Crippen LogP contribution >= 0.6 is 0 Å². The van der Waals surface area contributed by atoms with Gasteiger partial charge in [-0.2, -0.15) is 5.10 Å². The van der Waals surface area contributed by atoms with Gasteiger partial charge in [-0.15, -0.1) is 0 Å². The molecule has 3 rings (SSSR count). The van der Waals surface area contributed by atoms with Crippen LogP contribution in [0.2, 0.25) is 0 Å². The van der Waals surface area contributed by atoms with Gasteiger partial charge in [-0.05, 0) is 24.1 Å². The van der Waals surface area contributed by atoms with E-state index in [1.165, 1.54) is 0 Å². The van der Waals surface area contributed by atoms with E-state index in [2.05, 4.69) is 15.5 Å². The van der Waals surface area contributed by atoms with E-state index in [-0.39, 0.29) is 11.6 Å². The number of H-pyrrole nitrogens is 1. The van der Waals surface area contributed by atoms with Gasteiger partial charge in [0.2, 0.25) is 0 Å². The number of aromatic amines is 1. The molecule has 2 amide bonds. The third-order valence-electron chi connectivity index (χ3n) is 3.47. The molecule has 108 valence electrons. The molecule has 0 aliphatic carbocycles. The number of urea groups is 1. The molecule has 0 radical (unpaired) electrons. The van der Waals surface area contributed by atoms with Gasteiger partial charge < -0.3 is 10.4 Å². The van der Waals surface area contributed by atoms with Gasteiger partial charge in [-0.3, -0.25) is 10.00 Å². The molecule has 7 nitrogen and oxygen atoms in total. The zero-order valence-corrected chi connectivity index (χ0v) is 11.2. The van der Waals surface area contributed by atoms with Crippen molar-refractivity contribution in [2.75, 3.05) is 11.4 Å². The largest absolute Gasteiger partial charge is 0.478 e. The van der Waals surface area contributed by atoms with E-state index in [0.717, 1.165) is 17.5 Å². The van der Waals surface area contributed by atoms with Crippen LogP contribution < -0.4 is 10.2 Å². The predicted octanol–water partition coefficient (Wildman–Crippen LogP) is 1.38. The summed E-state index contributed by atoms with van der Waals surface area (Å²) in [5.74, 6) is -0.997. The molecule has 0 spiro atoms. The molecule has 1 aromatic carbocycles. The summed E-state index contributed by atoms with van der Waals surface area (Å²) in [4.78, 5) is 24.8. The van der Waals surface area contributed by atoms with Crippen molar-refractivity contribution in [3.05, 3.63) is 47.3 Å². The first-order valence-electron chi connectivity index (χ1n) is 6.54. The van der Waals surface area contributed by atoms with Crippen LogP contribution in [0.25, 0.3) is 0 Å². The topological polar surface area (TPSA) is 98.3 Å². The molecule has 1 aromatic heterocycles. The number of carbonyl (C=O) groups excluding carboxylic acids is 1. The van der Waals surface area contributed by atoms with Crippen LogP contribution in [0.15, 0.2) is 30.6 Å². The highest BCUT2D eigenvalue weighted by Gasteiger charge is 2.25. The van der Waals surface area contributed by atoms with E-state index in [0.29, 0.717) is 18.8 Å². The smallest absolute Gasteiger partial charge is 0.335 e. The van der Waals surface area contributed by atoms with Gasteiger partial charge >= 0.3 is 12.0 Å². The maximum absolute atomic E-state index is 12.2. The normalized spacial score (nSPS) is 13.0. The van der Waals surface area contributed by atoms with Crippen molar-refractivity contribution in [3.8, 4) is 0 Å². The maximum atomic E-state index is 12.2. The Morgan fingerprint density at radius 2 is 2.29 bits per heavy atom. The standard InChI is InChI=1S/C14H14N4O3/c19-13(20)11-2-1-10-3-4-18(12(10)5-11)14(21)15-6-9-7-16-17-8-9/h1-2,5,7-8H,3-4,6H2,(H,15,21)(H,16,17)(H,19,20). The lowest BCUT2D eigenvalue weighted by Gasteiger charge is -2.18. The van der Waals surface area contributed by atoms with E-state index >= 15 is 0 Å². The van der Waals surface area contributed by atoms with E-state index in [9.17, 15) is 9.59 Å². The summed E-state index contributed by atoms with van der Waals surface area (Å²) in [5, 5.41) is 18.3. The zero-order chi connectivity index (χ0) is 14.8. The van der Waals surface area contributed by atoms with Crippen LogP contribution in [-0.4, -0.2) is 33.8 Å². The summed E-state index contributed by atoms with van der Waals surface area (Å²) in [6.07, 6.45) is 4.08. The fourth-order valence-corrected chi connectivity index (χ4v) is 2.37. The van der Waals surface area contributed by atoms with Crippen LogP contribution in [0.5, 0.6) is 0 Å². The molecule has 1 aliphatic heterocycles. The number of anilines is 1. The first-order chi connectivity index (χ1) is 10.1. The highest BCUT2D eigenvalue weighted by Crippen LogP contribution is 2.29. The van der Waals surface area contributed by atoms with Crippen LogP contribution in [0, 0.1) is 0 Å². The first kappa shape index (κ1) is 13.2. The minimum atomic E-state index is -0.997. The second-order valence-electron chi connectivity index (χ2n) is 4.82. The molecule has 21 heavy (non-hydrogen) atoms. The van der Waals surface area contributed by atoms with E-state index in [4.69, 9.17) is 5.11 Å². The van der Waals surface area contributed by atoms with Gasteiger partial charge in [0.1, 0.15) is 0 Å². The van der Waals surface area contributed by atoms with Crippen molar-refractivity contribution in [1.29, 1.82) is 0 Å². The number of nitrogens with zero attached hydrogens (tertiary/aromatic N) is 2. The Labute approximate surface area is 120 Å². The summed E-state index contributed by atoms with van der Waals surface area (Å²) in [7, 11) is 0. The molecule has 1 aliphatic rings. The highest BCUT2D eigenvalue weighted by atomic mass is 16.4. The Morgan fingerprint density at radius 1 is 1.43 bits per heavy atom. The number of amides is 2. The molecule has 3 N–H and O–H groups in total. The number of fused-ring (bicyclic) bond motifs is 1. The number of aromatic carboxylic acids is 1. The van der Waals surface area contributed by atoms with Crippen molar-refractivity contribution >= 4 is 17.7 Å². The van der Waals surface area contributed by atoms with Crippen molar-refractivity contribution in [2.24, 2.45) is 0 Å². The Morgan fingerprint density at radius 3 is 3.00 bits per heavy atom. The number of carboxylic acid groups (broad SMARTS) is 1. The van der Waals surface area contributed by atoms with Crippen LogP contribution in [-0.2, 0) is 13.0 Å². The summed E-state index contributed by atoms with van der Waals surface area (Å²) < 4.78 is 0. The summed E-state index contributed by atoms with van der Waals surface area (Å²) in [6.45, 7) is 0.926. The lowest BCUT2D eigenvalue weighted by atomic mass is 10.1. The second-order valence-corrected chi connectivity index (χ2v) is 4.82. The summed E-state index contributed by atoms with van der Waals surface area (Å²) in [5.41, 5.74) is 2.71. The molecule has 0 unspecified atom stereocenters. The van der Waals surface area contributed by atoms with Crippen LogP contribution in [0.4, 0.5) is 10.5 Å². The molecule has 2 heterocycles. The molecule has 0 saturated heterocycles. The van der Waals surface area contributed by atoms with Gasteiger partial charge in [0, 0.05) is 30.5 Å². The molecule has 0 fully saturated rings. The van der Waals surface area contributed by atoms with Gasteiger partial charge in [-0.1, -0.05) is 6.07 Å². The fourth-order valence-electron chi connectivity index (χ4n) is 2.37. The summed E-state index contributed by atoms with van der Waals surface area (Å²) in [6, 6.07) is 4.63. The average molecular weight is 286 g/mol. The van der Waals surface area contributed by atoms with Gasteiger partial charge in [0.15, 0.2) is 0 Å². The Hall–Kier alpha value is -2.83. The molecule has 2 aromatic rings. The van der Waals surface area contributed by atoms with Crippen molar-refractivity contribution in [1.82, 2.24) is 15.5 Å². The fraction of sp³-hybridized carbons (Fsp3) is 0.214. The highest BCUT2D eigenvalue weighted by molar-refractivity contribution is 5.96. The lowest BCUT2D eigenvalue weighted by molar-refractivity contribution is 0.0697. The minimum absolute atomic E-state index is 0.184. The molecular formula is C14H14N4O3. The number of hydrogen-bond acceptors (Lipinski definition) is 3. The molecular weight excluding hydrogens is 272 g/mol. The van der Waals surface area contributed by atoms with E-state index < -0.39 is 5.97 Å². The number of hydrogen-bond donors (Lipinski definition) is 3.